The molecule has 0 N–H and O–H groups in total. The molecule has 0 bridgehead atoms. The van der Waals surface area contributed by atoms with Crippen LogP contribution in [0.25, 0.3) is 10.9 Å². The van der Waals surface area contributed by atoms with E-state index >= 15 is 0 Å². The Morgan fingerprint density at radius 2 is 1.73 bits per heavy atom. The third kappa shape index (κ3) is 5.81. The van der Waals surface area contributed by atoms with Crippen LogP contribution in [0.15, 0.2) is 23.0 Å². The Balaban J connectivity index is 2.50. The monoisotopic (exact) mass is 418 g/mol. The molecule has 8 nitrogen and oxygen atoms in total. The molecule has 1 aromatic heterocycles. The number of aromatic nitrogens is 1. The highest BCUT2D eigenvalue weighted by atomic mass is 16.6. The molecular formula is C22H30N2O6. The van der Waals surface area contributed by atoms with Gasteiger partial charge in [-0.05, 0) is 18.9 Å². The number of pyridine rings is 1. The number of ether oxygens (including phenoxy) is 2. The number of hydrogen-bond acceptors (Lipinski definition) is 6. The lowest BCUT2D eigenvalue weighted by Gasteiger charge is -2.17. The SMILES string of the molecule is CCCCCCCCn1c(=O)c(OC=O)c(OCCCC)c2ccc([N+](=O)[O-])cc21. The predicted molar refractivity (Wildman–Crippen MR) is 115 cm³/mol. The molecule has 0 spiro atoms. The second-order valence-electron chi connectivity index (χ2n) is 7.26. The van der Waals surface area contributed by atoms with Crippen LogP contribution in [0.3, 0.4) is 0 Å². The molecule has 2 aromatic rings. The first-order chi connectivity index (χ1) is 14.5. The van der Waals surface area contributed by atoms with E-state index in [0.29, 0.717) is 24.1 Å². The highest BCUT2D eigenvalue weighted by Crippen LogP contribution is 2.35. The van der Waals surface area contributed by atoms with E-state index in [0.717, 1.165) is 44.9 Å². The van der Waals surface area contributed by atoms with E-state index in [4.69, 9.17) is 9.47 Å². The average molecular weight is 418 g/mol. The number of aryl methyl sites for hydroxylation is 1. The zero-order valence-corrected chi connectivity index (χ0v) is 17.7. The largest absolute Gasteiger partial charge is 0.489 e. The maximum atomic E-state index is 13.1. The van der Waals surface area contributed by atoms with Gasteiger partial charge in [0.25, 0.3) is 17.7 Å². The molecule has 0 saturated carbocycles. The first-order valence-electron chi connectivity index (χ1n) is 10.6. The molecular weight excluding hydrogens is 388 g/mol. The van der Waals surface area contributed by atoms with Gasteiger partial charge in [-0.1, -0.05) is 52.4 Å². The van der Waals surface area contributed by atoms with Crippen LogP contribution in [0.4, 0.5) is 5.69 Å². The summed E-state index contributed by atoms with van der Waals surface area (Å²) in [5.41, 5.74) is -0.218. The Labute approximate surface area is 175 Å². The van der Waals surface area contributed by atoms with Gasteiger partial charge in [-0.25, -0.2) is 0 Å². The van der Waals surface area contributed by atoms with Gasteiger partial charge in [0.15, 0.2) is 5.75 Å². The van der Waals surface area contributed by atoms with E-state index in [1.54, 1.807) is 6.07 Å². The van der Waals surface area contributed by atoms with Crippen molar-refractivity contribution in [3.05, 3.63) is 38.7 Å². The molecule has 0 aliphatic rings. The fourth-order valence-corrected chi connectivity index (χ4v) is 3.39. The minimum absolute atomic E-state index is 0.109. The number of nitrogens with zero attached hydrogens (tertiary/aromatic N) is 2. The van der Waals surface area contributed by atoms with Crippen molar-refractivity contribution in [2.45, 2.75) is 71.8 Å². The van der Waals surface area contributed by atoms with Crippen LogP contribution in [0.5, 0.6) is 11.5 Å². The molecule has 2 rings (SSSR count). The summed E-state index contributed by atoms with van der Waals surface area (Å²) in [6.07, 6.45) is 7.88. The van der Waals surface area contributed by atoms with Crippen LogP contribution in [0.2, 0.25) is 0 Å². The van der Waals surface area contributed by atoms with Gasteiger partial charge >= 0.3 is 0 Å². The summed E-state index contributed by atoms with van der Waals surface area (Å²) in [5.74, 6) is -0.0157. The molecule has 0 radical (unpaired) electrons. The van der Waals surface area contributed by atoms with Crippen LogP contribution < -0.4 is 15.0 Å². The summed E-state index contributed by atoms with van der Waals surface area (Å²) < 4.78 is 12.2. The predicted octanol–water partition coefficient (Wildman–Crippen LogP) is 4.98. The molecule has 0 amide bonds. The number of carbonyl (C=O) groups excluding carboxylic acids is 1. The molecule has 0 fully saturated rings. The molecule has 0 atom stereocenters. The summed E-state index contributed by atoms with van der Waals surface area (Å²) in [4.78, 5) is 34.9. The fourth-order valence-electron chi connectivity index (χ4n) is 3.39. The molecule has 0 aliphatic carbocycles. The maximum absolute atomic E-state index is 13.1. The van der Waals surface area contributed by atoms with Crippen molar-refractivity contribution < 1.29 is 19.2 Å². The molecule has 0 unspecified atom stereocenters. The lowest BCUT2D eigenvalue weighted by molar-refractivity contribution is -0.384. The van der Waals surface area contributed by atoms with Crippen molar-refractivity contribution in [3.8, 4) is 11.5 Å². The number of rotatable bonds is 14. The van der Waals surface area contributed by atoms with Gasteiger partial charge in [0.05, 0.1) is 17.0 Å². The van der Waals surface area contributed by atoms with E-state index in [9.17, 15) is 19.7 Å². The van der Waals surface area contributed by atoms with Crippen LogP contribution in [-0.4, -0.2) is 22.6 Å². The van der Waals surface area contributed by atoms with Crippen molar-refractivity contribution in [2.75, 3.05) is 6.61 Å². The molecule has 0 aliphatic heterocycles. The van der Waals surface area contributed by atoms with E-state index in [2.05, 4.69) is 6.92 Å². The van der Waals surface area contributed by atoms with Crippen LogP contribution in [0, 0.1) is 10.1 Å². The Morgan fingerprint density at radius 1 is 1.03 bits per heavy atom. The molecule has 0 saturated heterocycles. The smallest absolute Gasteiger partial charge is 0.298 e. The number of nitro benzene ring substituents is 1. The Morgan fingerprint density at radius 3 is 2.40 bits per heavy atom. The molecule has 30 heavy (non-hydrogen) atoms. The third-order valence-electron chi connectivity index (χ3n) is 5.02. The van der Waals surface area contributed by atoms with E-state index < -0.39 is 10.5 Å². The summed E-state index contributed by atoms with van der Waals surface area (Å²) >= 11 is 0. The molecule has 164 valence electrons. The number of non-ortho nitro benzene ring substituents is 1. The highest BCUT2D eigenvalue weighted by molar-refractivity contribution is 5.90. The van der Waals surface area contributed by atoms with Crippen LogP contribution in [0.1, 0.15) is 65.2 Å². The Bertz CT molecular complexity index is 922. The Hall–Kier alpha value is -2.90. The molecule has 1 aromatic carbocycles. The standard InChI is InChI=1S/C22H30N2O6/c1-3-5-7-8-9-10-13-23-19-15-17(24(27)28)11-12-18(19)20(29-14-6-4-2)21(22(23)26)30-16-25/h11-12,15-16H,3-10,13-14H2,1-2H3. The van der Waals surface area contributed by atoms with Crippen molar-refractivity contribution in [1.82, 2.24) is 4.57 Å². The Kier molecular flexibility index (Phi) is 9.31. The second kappa shape index (κ2) is 11.9. The number of hydrogen-bond donors (Lipinski definition) is 0. The minimum Gasteiger partial charge on any atom is -0.489 e. The number of carbonyl (C=O) groups is 1. The summed E-state index contributed by atoms with van der Waals surface area (Å²) in [5, 5.41) is 11.8. The van der Waals surface area contributed by atoms with E-state index in [-0.39, 0.29) is 23.7 Å². The average Bonchev–Trinajstić information content (AvgIpc) is 2.74. The molecule has 8 heteroatoms. The van der Waals surface area contributed by atoms with Gasteiger partial charge in [-0.15, -0.1) is 0 Å². The maximum Gasteiger partial charge on any atom is 0.298 e. The topological polar surface area (TPSA) is 101 Å². The van der Waals surface area contributed by atoms with E-state index in [1.807, 2.05) is 6.92 Å². The zero-order valence-electron chi connectivity index (χ0n) is 17.7. The fraction of sp³-hybridized carbons (Fsp3) is 0.545. The lowest BCUT2D eigenvalue weighted by Crippen LogP contribution is -2.24. The summed E-state index contributed by atoms with van der Waals surface area (Å²) in [6.45, 7) is 5.09. The lowest BCUT2D eigenvalue weighted by atomic mass is 10.1. The first kappa shape index (κ1) is 23.4. The van der Waals surface area contributed by atoms with Gasteiger partial charge in [-0.3, -0.25) is 19.7 Å². The summed E-state index contributed by atoms with van der Waals surface area (Å²) in [6, 6.07) is 4.29. The van der Waals surface area contributed by atoms with Crippen molar-refractivity contribution in [1.29, 1.82) is 0 Å². The number of benzene rings is 1. The summed E-state index contributed by atoms with van der Waals surface area (Å²) in [7, 11) is 0. The van der Waals surface area contributed by atoms with Gasteiger partial charge in [0, 0.05) is 24.1 Å². The number of unbranched alkanes of at least 4 members (excludes halogenated alkanes) is 6. The van der Waals surface area contributed by atoms with Crippen LogP contribution in [-0.2, 0) is 11.3 Å². The number of nitro groups is 1. The van der Waals surface area contributed by atoms with Crippen LogP contribution >= 0.6 is 0 Å². The number of fused-ring (bicyclic) bond motifs is 1. The molecule has 1 heterocycles. The second-order valence-corrected chi connectivity index (χ2v) is 7.26. The van der Waals surface area contributed by atoms with Crippen molar-refractivity contribution >= 4 is 23.1 Å². The minimum atomic E-state index is -0.518. The first-order valence-corrected chi connectivity index (χ1v) is 10.6. The highest BCUT2D eigenvalue weighted by Gasteiger charge is 2.21. The van der Waals surface area contributed by atoms with Gasteiger partial charge in [0.2, 0.25) is 5.75 Å². The third-order valence-corrected chi connectivity index (χ3v) is 5.02. The van der Waals surface area contributed by atoms with Gasteiger partial charge < -0.3 is 14.0 Å². The zero-order chi connectivity index (χ0) is 21.9. The van der Waals surface area contributed by atoms with Crippen molar-refractivity contribution in [2.24, 2.45) is 0 Å². The normalized spacial score (nSPS) is 10.9. The quantitative estimate of drug-likeness (QED) is 0.185. The van der Waals surface area contributed by atoms with Gasteiger partial charge in [-0.2, -0.15) is 0 Å². The van der Waals surface area contributed by atoms with E-state index in [1.165, 1.54) is 23.1 Å². The van der Waals surface area contributed by atoms with Gasteiger partial charge in [0.1, 0.15) is 0 Å². The van der Waals surface area contributed by atoms with Crippen molar-refractivity contribution in [3.63, 3.8) is 0 Å².